The van der Waals surface area contributed by atoms with E-state index in [1.807, 2.05) is 49.4 Å². The van der Waals surface area contributed by atoms with Crippen LogP contribution in [0.1, 0.15) is 27.0 Å². The number of hydrogen-bond donors (Lipinski definition) is 0. The Morgan fingerprint density at radius 2 is 1.79 bits per heavy atom. The molecule has 2 aromatic carbocycles. The number of hydrogen-bond acceptors (Lipinski definition) is 2. The summed E-state index contributed by atoms with van der Waals surface area (Å²) in [7, 11) is 0. The third-order valence-corrected chi connectivity index (χ3v) is 3.88. The summed E-state index contributed by atoms with van der Waals surface area (Å²) in [5.74, 6) is 0.293. The molecule has 19 heavy (non-hydrogen) atoms. The van der Waals surface area contributed by atoms with E-state index < -0.39 is 0 Å². The summed E-state index contributed by atoms with van der Waals surface area (Å²) in [5.41, 5.74) is 3.61. The summed E-state index contributed by atoms with van der Waals surface area (Å²) >= 11 is 3.55. The first-order chi connectivity index (χ1) is 9.16. The average molecular weight is 315 g/mol. The summed E-state index contributed by atoms with van der Waals surface area (Å²) < 4.78 is 6.18. The zero-order valence-electron chi connectivity index (χ0n) is 10.3. The van der Waals surface area contributed by atoms with Crippen LogP contribution in [0.2, 0.25) is 0 Å². The number of halogens is 1. The van der Waals surface area contributed by atoms with Gasteiger partial charge in [0.2, 0.25) is 0 Å². The van der Waals surface area contributed by atoms with Crippen LogP contribution in [-0.2, 0) is 4.74 Å². The highest BCUT2D eigenvalue weighted by Gasteiger charge is 2.28. The van der Waals surface area contributed by atoms with Crippen LogP contribution in [0, 0.1) is 6.92 Å². The lowest BCUT2D eigenvalue weighted by atomic mass is 10.1. The van der Waals surface area contributed by atoms with Crippen molar-refractivity contribution in [2.75, 3.05) is 0 Å². The van der Waals surface area contributed by atoms with Gasteiger partial charge in [0.15, 0.2) is 5.76 Å². The molecule has 3 rings (SSSR count). The van der Waals surface area contributed by atoms with Gasteiger partial charge in [0.05, 0.1) is 10.0 Å². The number of carbonyl (C=O) groups is 1. The first-order valence-electron chi connectivity index (χ1n) is 5.95. The van der Waals surface area contributed by atoms with Crippen LogP contribution in [0.4, 0.5) is 0 Å². The van der Waals surface area contributed by atoms with E-state index in [1.54, 1.807) is 6.07 Å². The third kappa shape index (κ3) is 2.10. The standard InChI is InChI=1S/C16H11BrO2/c1-10-5-4-6-11(9-10)14(17)15-12-7-2-3-8-13(12)16(18)19-15/h2-9H,1H3/b15-14+. The fraction of sp³-hybridized carbons (Fsp3) is 0.0625. The molecular weight excluding hydrogens is 304 g/mol. The summed E-state index contributed by atoms with van der Waals surface area (Å²) in [6.07, 6.45) is 0. The van der Waals surface area contributed by atoms with Gasteiger partial charge in [-0.15, -0.1) is 0 Å². The molecule has 0 radical (unpaired) electrons. The predicted octanol–water partition coefficient (Wildman–Crippen LogP) is 4.39. The Balaban J connectivity index is 2.17. The van der Waals surface area contributed by atoms with E-state index in [1.165, 1.54) is 0 Å². The number of carbonyl (C=O) groups excluding carboxylic acids is 1. The van der Waals surface area contributed by atoms with E-state index >= 15 is 0 Å². The minimum absolute atomic E-state index is 0.296. The second-order valence-electron chi connectivity index (χ2n) is 4.45. The molecule has 0 bridgehead atoms. The molecule has 1 aliphatic heterocycles. The number of rotatable bonds is 1. The van der Waals surface area contributed by atoms with Gasteiger partial charge in [-0.25, -0.2) is 4.79 Å². The Bertz CT molecular complexity index is 701. The molecule has 0 unspecified atom stereocenters. The van der Waals surface area contributed by atoms with Gasteiger partial charge in [0.25, 0.3) is 0 Å². The second-order valence-corrected chi connectivity index (χ2v) is 5.24. The van der Waals surface area contributed by atoms with Crippen molar-refractivity contribution in [2.24, 2.45) is 0 Å². The Morgan fingerprint density at radius 3 is 2.53 bits per heavy atom. The Morgan fingerprint density at radius 1 is 1.05 bits per heavy atom. The molecule has 0 N–H and O–H groups in total. The highest BCUT2D eigenvalue weighted by molar-refractivity contribution is 9.15. The van der Waals surface area contributed by atoms with Crippen molar-refractivity contribution < 1.29 is 9.53 Å². The fourth-order valence-electron chi connectivity index (χ4n) is 2.14. The zero-order chi connectivity index (χ0) is 13.4. The number of cyclic esters (lactones) is 1. The monoisotopic (exact) mass is 314 g/mol. The molecule has 0 aromatic heterocycles. The Labute approximate surface area is 119 Å². The summed E-state index contributed by atoms with van der Waals surface area (Å²) in [5, 5.41) is 0. The Kier molecular flexibility index (Phi) is 2.99. The van der Waals surface area contributed by atoms with E-state index in [-0.39, 0.29) is 5.97 Å². The zero-order valence-corrected chi connectivity index (χ0v) is 11.9. The maximum absolute atomic E-state index is 11.8. The van der Waals surface area contributed by atoms with E-state index in [2.05, 4.69) is 15.9 Å². The largest absolute Gasteiger partial charge is 0.421 e. The van der Waals surface area contributed by atoms with Crippen molar-refractivity contribution >= 4 is 32.1 Å². The highest BCUT2D eigenvalue weighted by Crippen LogP contribution is 2.38. The number of ether oxygens (including phenoxy) is 1. The van der Waals surface area contributed by atoms with Crippen LogP contribution in [0.15, 0.2) is 48.5 Å². The SMILES string of the molecule is Cc1cccc(/C(Br)=C2\OC(=O)c3ccccc32)c1. The topological polar surface area (TPSA) is 26.3 Å². The number of benzene rings is 2. The lowest BCUT2D eigenvalue weighted by Gasteiger charge is -2.05. The fourth-order valence-corrected chi connectivity index (χ4v) is 2.68. The molecule has 0 saturated heterocycles. The summed E-state index contributed by atoms with van der Waals surface area (Å²) in [6, 6.07) is 15.5. The lowest BCUT2D eigenvalue weighted by Crippen LogP contribution is -1.92. The van der Waals surface area contributed by atoms with Crippen molar-refractivity contribution in [2.45, 2.75) is 6.92 Å². The van der Waals surface area contributed by atoms with Crippen molar-refractivity contribution in [3.63, 3.8) is 0 Å². The first kappa shape index (κ1) is 12.2. The van der Waals surface area contributed by atoms with Gasteiger partial charge in [0, 0.05) is 5.56 Å². The summed E-state index contributed by atoms with van der Waals surface area (Å²) in [4.78, 5) is 11.8. The predicted molar refractivity (Wildman–Crippen MR) is 78.8 cm³/mol. The van der Waals surface area contributed by atoms with Crippen LogP contribution in [0.5, 0.6) is 0 Å². The van der Waals surface area contributed by atoms with Crippen LogP contribution in [0.25, 0.3) is 10.2 Å². The minimum atomic E-state index is -0.296. The van der Waals surface area contributed by atoms with E-state index in [0.717, 1.165) is 21.2 Å². The van der Waals surface area contributed by atoms with Crippen molar-refractivity contribution in [1.29, 1.82) is 0 Å². The summed E-state index contributed by atoms with van der Waals surface area (Å²) in [6.45, 7) is 2.03. The minimum Gasteiger partial charge on any atom is -0.421 e. The van der Waals surface area contributed by atoms with Crippen molar-refractivity contribution in [3.8, 4) is 0 Å². The van der Waals surface area contributed by atoms with Gasteiger partial charge in [-0.1, -0.05) is 48.0 Å². The molecule has 0 amide bonds. The quantitative estimate of drug-likeness (QED) is 0.730. The molecule has 0 aliphatic carbocycles. The van der Waals surface area contributed by atoms with E-state index in [4.69, 9.17) is 4.74 Å². The molecule has 0 spiro atoms. The third-order valence-electron chi connectivity index (χ3n) is 3.06. The van der Waals surface area contributed by atoms with Gasteiger partial charge in [0.1, 0.15) is 0 Å². The second kappa shape index (κ2) is 4.67. The maximum atomic E-state index is 11.8. The molecule has 1 aliphatic rings. The molecule has 0 fully saturated rings. The van der Waals surface area contributed by atoms with Crippen LogP contribution in [0.3, 0.4) is 0 Å². The molecule has 3 heteroatoms. The van der Waals surface area contributed by atoms with Gasteiger partial charge in [-0.2, -0.15) is 0 Å². The van der Waals surface area contributed by atoms with Crippen LogP contribution < -0.4 is 0 Å². The number of esters is 1. The van der Waals surface area contributed by atoms with Crippen molar-refractivity contribution in [3.05, 3.63) is 70.8 Å². The lowest BCUT2D eigenvalue weighted by molar-refractivity contribution is 0.0717. The van der Waals surface area contributed by atoms with Crippen molar-refractivity contribution in [1.82, 2.24) is 0 Å². The molecule has 2 aromatic rings. The van der Waals surface area contributed by atoms with Crippen LogP contribution >= 0.6 is 15.9 Å². The normalized spacial score (nSPS) is 16.0. The molecular formula is C16H11BrO2. The van der Waals surface area contributed by atoms with Gasteiger partial charge >= 0.3 is 5.97 Å². The number of aryl methyl sites for hydroxylation is 1. The first-order valence-corrected chi connectivity index (χ1v) is 6.74. The smallest absolute Gasteiger partial charge is 0.344 e. The molecule has 1 heterocycles. The average Bonchev–Trinajstić information content (AvgIpc) is 2.76. The van der Waals surface area contributed by atoms with E-state index in [9.17, 15) is 4.79 Å². The van der Waals surface area contributed by atoms with Gasteiger partial charge < -0.3 is 4.74 Å². The Hall–Kier alpha value is -1.87. The highest BCUT2D eigenvalue weighted by atomic mass is 79.9. The molecule has 94 valence electrons. The van der Waals surface area contributed by atoms with Crippen LogP contribution in [-0.4, -0.2) is 5.97 Å². The molecule has 0 atom stereocenters. The maximum Gasteiger partial charge on any atom is 0.344 e. The van der Waals surface area contributed by atoms with Gasteiger partial charge in [-0.05, 0) is 34.5 Å². The number of fused-ring (bicyclic) bond motifs is 1. The van der Waals surface area contributed by atoms with Gasteiger partial charge in [-0.3, -0.25) is 0 Å². The van der Waals surface area contributed by atoms with E-state index in [0.29, 0.717) is 11.3 Å². The molecule has 0 saturated carbocycles. The molecule has 2 nitrogen and oxygen atoms in total.